The van der Waals surface area contributed by atoms with Crippen molar-refractivity contribution < 1.29 is 49.3 Å². The molecule has 8 atom stereocenters. The van der Waals surface area contributed by atoms with Gasteiger partial charge in [-0.05, 0) is 57.8 Å². The molecule has 1 amide bonds. The summed E-state index contributed by atoms with van der Waals surface area (Å²) in [6, 6.07) is -1.02. The van der Waals surface area contributed by atoms with Crippen LogP contribution in [0, 0.1) is 0 Å². The van der Waals surface area contributed by atoms with E-state index in [4.69, 9.17) is 14.2 Å². The second-order valence-electron chi connectivity index (χ2n) is 22.5. The van der Waals surface area contributed by atoms with Crippen molar-refractivity contribution in [2.45, 2.75) is 352 Å². The number of unbranched alkanes of at least 4 members (excludes halogenated alkanes) is 37. The summed E-state index contributed by atoms with van der Waals surface area (Å²) in [5, 5.41) is 57.0. The summed E-state index contributed by atoms with van der Waals surface area (Å²) in [6.45, 7) is 5.78. The molecule has 11 heteroatoms. The van der Waals surface area contributed by atoms with E-state index >= 15 is 0 Å². The average Bonchev–Trinajstić information content (AvgIpc) is 3.42. The summed E-state index contributed by atoms with van der Waals surface area (Å²) in [4.78, 5) is 26.5. The topological polar surface area (TPSA) is 175 Å². The summed E-state index contributed by atoms with van der Waals surface area (Å²) >= 11 is 0. The Morgan fingerprint density at radius 3 is 1.37 bits per heavy atom. The summed E-state index contributed by atoms with van der Waals surface area (Å²) in [5.41, 5.74) is 0. The van der Waals surface area contributed by atoms with Crippen LogP contribution in [0.4, 0.5) is 0 Å². The molecule has 8 unspecified atom stereocenters. The fourth-order valence-electron chi connectivity index (χ4n) is 10.2. The molecule has 6 N–H and O–H groups in total. The van der Waals surface area contributed by atoms with Crippen LogP contribution in [0.3, 0.4) is 0 Å². The first-order valence-electron chi connectivity index (χ1n) is 32.3. The van der Waals surface area contributed by atoms with Gasteiger partial charge < -0.3 is 45.1 Å². The van der Waals surface area contributed by atoms with Crippen LogP contribution in [0.15, 0.2) is 36.5 Å². The van der Waals surface area contributed by atoms with Crippen molar-refractivity contribution in [3.63, 3.8) is 0 Å². The molecule has 446 valence electrons. The van der Waals surface area contributed by atoms with E-state index in [9.17, 15) is 35.1 Å². The number of rotatable bonds is 55. The lowest BCUT2D eigenvalue weighted by Gasteiger charge is -2.41. The van der Waals surface area contributed by atoms with E-state index in [2.05, 4.69) is 50.4 Å². The summed E-state index contributed by atoms with van der Waals surface area (Å²) in [7, 11) is 0. The highest BCUT2D eigenvalue weighted by Crippen LogP contribution is 2.26. The molecule has 0 aromatic carbocycles. The molecule has 0 spiro atoms. The molecule has 11 nitrogen and oxygen atoms in total. The average molecular weight is 1080 g/mol. The summed E-state index contributed by atoms with van der Waals surface area (Å²) < 4.78 is 17.6. The number of hydrogen-bond donors (Lipinski definition) is 6. The Balaban J connectivity index is 2.58. The van der Waals surface area contributed by atoms with Gasteiger partial charge in [0.15, 0.2) is 12.4 Å². The van der Waals surface area contributed by atoms with Gasteiger partial charge in [0.2, 0.25) is 5.91 Å². The first-order valence-corrected chi connectivity index (χ1v) is 32.3. The van der Waals surface area contributed by atoms with Gasteiger partial charge in [-0.15, -0.1) is 0 Å². The van der Waals surface area contributed by atoms with Crippen molar-refractivity contribution in [1.29, 1.82) is 0 Å². The molecule has 1 rings (SSSR count). The van der Waals surface area contributed by atoms with Crippen molar-refractivity contribution >= 4 is 11.9 Å². The molecule has 0 bridgehead atoms. The molecule has 0 aromatic rings. The number of aliphatic hydroxyl groups is 5. The zero-order valence-corrected chi connectivity index (χ0v) is 49.4. The molecule has 1 saturated heterocycles. The van der Waals surface area contributed by atoms with Crippen LogP contribution in [0.2, 0.25) is 0 Å². The van der Waals surface area contributed by atoms with Crippen LogP contribution < -0.4 is 5.32 Å². The minimum Gasteiger partial charge on any atom is -0.454 e. The Hall–Kier alpha value is -2.12. The molecule has 1 fully saturated rings. The number of aliphatic hydroxyl groups excluding tert-OH is 5. The van der Waals surface area contributed by atoms with Crippen LogP contribution in [-0.4, -0.2) is 99.6 Å². The second-order valence-corrected chi connectivity index (χ2v) is 22.5. The molecular weight excluding hydrogens is 955 g/mol. The van der Waals surface area contributed by atoms with Gasteiger partial charge in [-0.3, -0.25) is 9.59 Å². The van der Waals surface area contributed by atoms with Gasteiger partial charge >= 0.3 is 5.97 Å². The lowest BCUT2D eigenvalue weighted by Crippen LogP contribution is -2.61. The number of ether oxygens (including phenoxy) is 3. The Morgan fingerprint density at radius 1 is 0.513 bits per heavy atom. The number of carbonyl (C=O) groups is 2. The molecule has 1 aliphatic heterocycles. The first-order chi connectivity index (χ1) is 37.2. The van der Waals surface area contributed by atoms with Crippen LogP contribution in [0.5, 0.6) is 0 Å². The van der Waals surface area contributed by atoms with Gasteiger partial charge in [-0.2, -0.15) is 0 Å². The zero-order valence-electron chi connectivity index (χ0n) is 49.4. The third-order valence-electron chi connectivity index (χ3n) is 15.3. The van der Waals surface area contributed by atoms with Crippen molar-refractivity contribution in [2.75, 3.05) is 13.2 Å². The highest BCUT2D eigenvalue weighted by atomic mass is 16.7. The quantitative estimate of drug-likeness (QED) is 0.0195. The highest BCUT2D eigenvalue weighted by molar-refractivity contribution is 5.80. The Kier molecular flexibility index (Phi) is 50.6. The fraction of sp³-hybridized carbons (Fsp3) is 0.877. The number of allylic oxidation sites excluding steroid dienone is 5. The van der Waals surface area contributed by atoms with Gasteiger partial charge in [0.05, 0.1) is 25.4 Å². The number of amides is 1. The van der Waals surface area contributed by atoms with E-state index in [1.165, 1.54) is 193 Å². The number of hydrogen-bond acceptors (Lipinski definition) is 10. The van der Waals surface area contributed by atoms with Crippen LogP contribution in [-0.2, 0) is 23.8 Å². The summed E-state index contributed by atoms with van der Waals surface area (Å²) in [6.07, 6.45) is 53.3. The van der Waals surface area contributed by atoms with E-state index in [1.54, 1.807) is 6.08 Å². The fourth-order valence-corrected chi connectivity index (χ4v) is 10.2. The zero-order chi connectivity index (χ0) is 55.4. The van der Waals surface area contributed by atoms with Crippen molar-refractivity contribution in [1.82, 2.24) is 5.32 Å². The minimum atomic E-state index is -1.61. The number of nitrogens with one attached hydrogen (secondary N) is 1. The monoisotopic (exact) mass is 1080 g/mol. The van der Waals surface area contributed by atoms with Gasteiger partial charge in [-0.25, -0.2) is 0 Å². The van der Waals surface area contributed by atoms with Gasteiger partial charge in [-0.1, -0.05) is 276 Å². The Labute approximate surface area is 466 Å². The SMILES string of the molecule is CCCCC/C=C\C/C=C\CCCCCCCCCCCCCCCC(=O)OC1C(OCC(NC(=O)C(O)CCCCCCCCCCCCCCC)C(O)/C=C/CCCCCCCCCCC)OC(CO)C(O)C1O. The minimum absolute atomic E-state index is 0.126. The molecule has 76 heavy (non-hydrogen) atoms. The predicted octanol–water partition coefficient (Wildman–Crippen LogP) is 15.5. The normalized spacial score (nSPS) is 19.3. The third-order valence-corrected chi connectivity index (χ3v) is 15.3. The molecule has 0 radical (unpaired) electrons. The highest BCUT2D eigenvalue weighted by Gasteiger charge is 2.47. The molecule has 0 saturated carbocycles. The largest absolute Gasteiger partial charge is 0.454 e. The standard InChI is InChI=1S/C65H121NO10/c1-4-7-10-13-16-19-22-24-25-26-27-28-29-30-31-32-33-35-38-41-44-47-50-53-60(70)76-63-62(72)61(71)59(54-67)75-65(63)74-55-56(57(68)51-48-45-42-39-36-21-18-15-12-9-6-3)66-64(73)58(69)52-49-46-43-40-37-34-23-20-17-14-11-8-5-2/h16,19,24-25,48,51,56-59,61-63,65,67-69,71-72H,4-15,17-18,20-23,26-47,49-50,52-55H2,1-3H3,(H,66,73)/b19-16-,25-24-,51-48+. The first kappa shape index (κ1) is 71.9. The smallest absolute Gasteiger partial charge is 0.306 e. The molecule has 1 aliphatic rings. The van der Waals surface area contributed by atoms with E-state index in [0.29, 0.717) is 19.3 Å². The van der Waals surface area contributed by atoms with E-state index in [-0.39, 0.29) is 13.0 Å². The van der Waals surface area contributed by atoms with Crippen molar-refractivity contribution in [3.8, 4) is 0 Å². The summed E-state index contributed by atoms with van der Waals surface area (Å²) in [5.74, 6) is -1.18. The second kappa shape index (κ2) is 53.5. The van der Waals surface area contributed by atoms with E-state index < -0.39 is 67.4 Å². The van der Waals surface area contributed by atoms with Gasteiger partial charge in [0.25, 0.3) is 0 Å². The lowest BCUT2D eigenvalue weighted by molar-refractivity contribution is -0.305. The Morgan fingerprint density at radius 2 is 0.908 bits per heavy atom. The number of carbonyl (C=O) groups excluding carboxylic acids is 2. The number of esters is 1. The van der Waals surface area contributed by atoms with Crippen LogP contribution in [0.1, 0.15) is 303 Å². The van der Waals surface area contributed by atoms with Crippen LogP contribution >= 0.6 is 0 Å². The van der Waals surface area contributed by atoms with Crippen LogP contribution in [0.25, 0.3) is 0 Å². The molecule has 1 heterocycles. The van der Waals surface area contributed by atoms with Gasteiger partial charge in [0, 0.05) is 6.42 Å². The molecule has 0 aliphatic carbocycles. The van der Waals surface area contributed by atoms with E-state index in [1.807, 2.05) is 6.08 Å². The maximum absolute atomic E-state index is 13.4. The molecular formula is C65H121NO10. The maximum Gasteiger partial charge on any atom is 0.306 e. The lowest BCUT2D eigenvalue weighted by atomic mass is 9.99. The van der Waals surface area contributed by atoms with Crippen molar-refractivity contribution in [3.05, 3.63) is 36.5 Å². The molecule has 0 aromatic heterocycles. The predicted molar refractivity (Wildman–Crippen MR) is 315 cm³/mol. The van der Waals surface area contributed by atoms with E-state index in [0.717, 1.165) is 64.2 Å². The van der Waals surface area contributed by atoms with Crippen molar-refractivity contribution in [2.24, 2.45) is 0 Å². The Bertz CT molecular complexity index is 1380. The third kappa shape index (κ3) is 41.0. The van der Waals surface area contributed by atoms with Gasteiger partial charge in [0.1, 0.15) is 24.4 Å². The maximum atomic E-state index is 13.4.